The lowest BCUT2D eigenvalue weighted by atomic mass is 10.1. The molecule has 0 aliphatic carbocycles. The van der Waals surface area contributed by atoms with Crippen molar-refractivity contribution in [2.45, 2.75) is 20.4 Å². The maximum Gasteiger partial charge on any atom is 0.352 e. The van der Waals surface area contributed by atoms with Crippen LogP contribution < -0.4 is 15.7 Å². The van der Waals surface area contributed by atoms with E-state index >= 15 is 0 Å². The van der Waals surface area contributed by atoms with Crippen LogP contribution in [0.25, 0.3) is 16.6 Å². The molecule has 0 aliphatic rings. The lowest BCUT2D eigenvalue weighted by molar-refractivity contribution is -0.117. The fraction of sp³-hybridized carbons (Fsp3) is 0.200. The molecule has 0 bridgehead atoms. The summed E-state index contributed by atoms with van der Waals surface area (Å²) >= 11 is 0. The molecule has 8 nitrogen and oxygen atoms in total. The largest absolute Gasteiger partial charge is 0.492 e. The SMILES string of the molecule is CCOc1ccccc1NC(=O)Cn1nc2c3cccc(C)c3ncn2c1=O. The number of carbonyl (C=O) groups excluding carboxylic acids is 1. The van der Waals surface area contributed by atoms with Gasteiger partial charge in [-0.05, 0) is 37.6 Å². The summed E-state index contributed by atoms with van der Waals surface area (Å²) in [6.45, 7) is 4.09. The van der Waals surface area contributed by atoms with Gasteiger partial charge < -0.3 is 10.1 Å². The van der Waals surface area contributed by atoms with Gasteiger partial charge in [0.1, 0.15) is 18.6 Å². The number of carbonyl (C=O) groups is 1. The normalized spacial score (nSPS) is 11.1. The fourth-order valence-corrected chi connectivity index (χ4v) is 3.11. The molecule has 0 fully saturated rings. The number of fused-ring (bicyclic) bond motifs is 3. The van der Waals surface area contributed by atoms with E-state index in [4.69, 9.17) is 4.74 Å². The van der Waals surface area contributed by atoms with E-state index in [0.717, 1.165) is 21.1 Å². The minimum atomic E-state index is -0.417. The van der Waals surface area contributed by atoms with Gasteiger partial charge in [-0.2, -0.15) is 0 Å². The van der Waals surface area contributed by atoms with Gasteiger partial charge in [0.2, 0.25) is 5.91 Å². The first-order valence-corrected chi connectivity index (χ1v) is 8.93. The van der Waals surface area contributed by atoms with Crippen molar-refractivity contribution in [3.05, 3.63) is 64.8 Å². The van der Waals surface area contributed by atoms with E-state index in [1.54, 1.807) is 18.2 Å². The molecule has 0 saturated carbocycles. The summed E-state index contributed by atoms with van der Waals surface area (Å²) < 4.78 is 7.99. The standard InChI is InChI=1S/C20H19N5O3/c1-3-28-16-10-5-4-9-15(16)22-17(26)11-25-20(27)24-12-21-18-13(2)7-6-8-14(18)19(24)23-25/h4-10,12H,3,11H2,1-2H3,(H,22,26). The Bertz CT molecular complexity index is 1240. The number of benzene rings is 2. The van der Waals surface area contributed by atoms with Crippen LogP contribution in [0, 0.1) is 6.92 Å². The summed E-state index contributed by atoms with van der Waals surface area (Å²) in [5.74, 6) is 0.206. The van der Waals surface area contributed by atoms with Gasteiger partial charge in [0.05, 0.1) is 17.8 Å². The van der Waals surface area contributed by atoms with Crippen molar-refractivity contribution in [2.24, 2.45) is 0 Å². The van der Waals surface area contributed by atoms with Gasteiger partial charge in [0, 0.05) is 5.39 Å². The first-order valence-electron chi connectivity index (χ1n) is 8.93. The van der Waals surface area contributed by atoms with Crippen LogP contribution >= 0.6 is 0 Å². The van der Waals surface area contributed by atoms with Gasteiger partial charge >= 0.3 is 5.69 Å². The third-order valence-corrected chi connectivity index (χ3v) is 4.41. The number of rotatable bonds is 5. The fourth-order valence-electron chi connectivity index (χ4n) is 3.11. The van der Waals surface area contributed by atoms with Crippen molar-refractivity contribution in [1.82, 2.24) is 19.2 Å². The predicted octanol–water partition coefficient (Wildman–Crippen LogP) is 2.39. The van der Waals surface area contributed by atoms with Crippen molar-refractivity contribution in [1.29, 1.82) is 0 Å². The maximum atomic E-state index is 12.6. The van der Waals surface area contributed by atoms with Gasteiger partial charge in [-0.25, -0.2) is 18.9 Å². The first kappa shape index (κ1) is 17.7. The average Bonchev–Trinajstić information content (AvgIpc) is 3.00. The molecule has 1 amide bonds. The molecule has 4 aromatic rings. The lowest BCUT2D eigenvalue weighted by Crippen LogP contribution is -2.28. The van der Waals surface area contributed by atoms with Crippen LogP contribution in [0.1, 0.15) is 12.5 Å². The molecule has 142 valence electrons. The number of ether oxygens (including phenoxy) is 1. The highest BCUT2D eigenvalue weighted by atomic mass is 16.5. The van der Waals surface area contributed by atoms with Gasteiger partial charge in [0.15, 0.2) is 5.65 Å². The van der Waals surface area contributed by atoms with Crippen molar-refractivity contribution < 1.29 is 9.53 Å². The summed E-state index contributed by atoms with van der Waals surface area (Å²) in [7, 11) is 0. The predicted molar refractivity (Wildman–Crippen MR) is 106 cm³/mol. The summed E-state index contributed by atoms with van der Waals surface area (Å²) in [6.07, 6.45) is 1.44. The van der Waals surface area contributed by atoms with Gasteiger partial charge in [-0.15, -0.1) is 5.10 Å². The Morgan fingerprint density at radius 1 is 1.18 bits per heavy atom. The van der Waals surface area contributed by atoms with Crippen LogP contribution in [-0.4, -0.2) is 31.7 Å². The number of aryl methyl sites for hydroxylation is 1. The molecule has 1 N–H and O–H groups in total. The summed E-state index contributed by atoms with van der Waals surface area (Å²) in [4.78, 5) is 29.5. The van der Waals surface area contributed by atoms with Crippen LogP contribution in [0.4, 0.5) is 5.69 Å². The Kier molecular flexibility index (Phi) is 4.52. The molecule has 0 aliphatic heterocycles. The molecule has 2 heterocycles. The highest BCUT2D eigenvalue weighted by molar-refractivity contribution is 5.93. The zero-order valence-electron chi connectivity index (χ0n) is 15.5. The lowest BCUT2D eigenvalue weighted by Gasteiger charge is -2.10. The van der Waals surface area contributed by atoms with E-state index in [0.29, 0.717) is 23.7 Å². The molecule has 0 radical (unpaired) electrons. The second-order valence-corrected chi connectivity index (χ2v) is 6.33. The van der Waals surface area contributed by atoms with Crippen molar-refractivity contribution in [3.63, 3.8) is 0 Å². The topological polar surface area (TPSA) is 90.5 Å². The van der Waals surface area contributed by atoms with Crippen molar-refractivity contribution in [3.8, 4) is 5.75 Å². The molecule has 2 aromatic heterocycles. The number of anilines is 1. The Balaban J connectivity index is 1.66. The zero-order valence-corrected chi connectivity index (χ0v) is 15.5. The second kappa shape index (κ2) is 7.15. The van der Waals surface area contributed by atoms with E-state index in [-0.39, 0.29) is 12.5 Å². The monoisotopic (exact) mass is 377 g/mol. The number of hydrogen-bond acceptors (Lipinski definition) is 5. The second-order valence-electron chi connectivity index (χ2n) is 6.33. The Morgan fingerprint density at radius 2 is 2.00 bits per heavy atom. The molecular weight excluding hydrogens is 358 g/mol. The maximum absolute atomic E-state index is 12.6. The van der Waals surface area contributed by atoms with E-state index in [2.05, 4.69) is 15.4 Å². The van der Waals surface area contributed by atoms with Gasteiger partial charge in [0.25, 0.3) is 0 Å². The van der Waals surface area contributed by atoms with Crippen LogP contribution in [0.5, 0.6) is 5.75 Å². The van der Waals surface area contributed by atoms with Crippen LogP contribution in [0.2, 0.25) is 0 Å². The van der Waals surface area contributed by atoms with E-state index in [1.807, 2.05) is 38.1 Å². The summed E-state index contributed by atoms with van der Waals surface area (Å²) in [5, 5.41) is 7.89. The van der Waals surface area contributed by atoms with Crippen molar-refractivity contribution >= 4 is 28.1 Å². The first-order chi connectivity index (χ1) is 13.6. The minimum Gasteiger partial charge on any atom is -0.492 e. The molecule has 4 rings (SSSR count). The average molecular weight is 377 g/mol. The minimum absolute atomic E-state index is 0.214. The number of hydrogen-bond donors (Lipinski definition) is 1. The van der Waals surface area contributed by atoms with Crippen LogP contribution in [-0.2, 0) is 11.3 Å². The van der Waals surface area contributed by atoms with Crippen LogP contribution in [0.15, 0.2) is 53.6 Å². The number of para-hydroxylation sites is 3. The number of nitrogens with one attached hydrogen (secondary N) is 1. The smallest absolute Gasteiger partial charge is 0.352 e. The third-order valence-electron chi connectivity index (χ3n) is 4.41. The number of nitrogens with zero attached hydrogens (tertiary/aromatic N) is 4. The summed E-state index contributed by atoms with van der Waals surface area (Å²) in [6, 6.07) is 12.8. The Labute approximate surface area is 160 Å². The van der Waals surface area contributed by atoms with E-state index in [1.165, 1.54) is 10.7 Å². The van der Waals surface area contributed by atoms with Gasteiger partial charge in [-0.3, -0.25) is 4.79 Å². The van der Waals surface area contributed by atoms with E-state index < -0.39 is 5.69 Å². The summed E-state index contributed by atoms with van der Waals surface area (Å²) in [5.41, 5.74) is 2.38. The molecule has 8 heteroatoms. The highest BCUT2D eigenvalue weighted by Crippen LogP contribution is 2.23. The highest BCUT2D eigenvalue weighted by Gasteiger charge is 2.15. The Hall–Kier alpha value is -3.68. The molecule has 0 saturated heterocycles. The van der Waals surface area contributed by atoms with E-state index in [9.17, 15) is 9.59 Å². The number of amides is 1. The molecular formula is C20H19N5O3. The third kappa shape index (κ3) is 3.09. The Morgan fingerprint density at radius 3 is 2.82 bits per heavy atom. The van der Waals surface area contributed by atoms with Crippen molar-refractivity contribution in [2.75, 3.05) is 11.9 Å². The molecule has 28 heavy (non-hydrogen) atoms. The van der Waals surface area contributed by atoms with Crippen LogP contribution in [0.3, 0.4) is 0 Å². The molecule has 0 atom stereocenters. The quantitative estimate of drug-likeness (QED) is 0.577. The zero-order chi connectivity index (χ0) is 19.7. The van der Waals surface area contributed by atoms with Gasteiger partial charge in [-0.1, -0.05) is 24.3 Å². The molecule has 2 aromatic carbocycles. The number of aromatic nitrogens is 4. The molecule has 0 unspecified atom stereocenters. The molecule has 0 spiro atoms.